The molecular weight excluding hydrogens is 370 g/mol. The number of carbonyl (C=O) groups is 1. The number of rotatable bonds is 6. The fourth-order valence-electron chi connectivity index (χ4n) is 4.09. The Morgan fingerprint density at radius 1 is 0.690 bits per heavy atom. The van der Waals surface area contributed by atoms with Gasteiger partial charge in [0.05, 0.1) is 28.4 Å². The highest BCUT2D eigenvalue weighted by atomic mass is 16.5. The molecule has 1 saturated heterocycles. The van der Waals surface area contributed by atoms with E-state index in [1.165, 1.54) is 0 Å². The molecule has 0 unspecified atom stereocenters. The number of hydrogen-bond donors (Lipinski definition) is 1. The maximum Gasteiger partial charge on any atom is 0.142 e. The number of hydrogen-bond acceptors (Lipinski definition) is 6. The Morgan fingerprint density at radius 3 is 1.45 bits per heavy atom. The van der Waals surface area contributed by atoms with Crippen molar-refractivity contribution in [1.29, 1.82) is 0 Å². The molecule has 1 aliphatic heterocycles. The molecule has 6 nitrogen and oxygen atoms in total. The molecular formula is C23H29NO5. The summed E-state index contributed by atoms with van der Waals surface area (Å²) < 4.78 is 21.8. The molecule has 6 heteroatoms. The Bertz CT molecular complexity index is 812. The first kappa shape index (κ1) is 21.0. The molecule has 1 fully saturated rings. The van der Waals surface area contributed by atoms with Crippen molar-refractivity contribution in [2.75, 3.05) is 28.4 Å². The van der Waals surface area contributed by atoms with Crippen LogP contribution in [0.15, 0.2) is 36.4 Å². The summed E-state index contributed by atoms with van der Waals surface area (Å²) in [6.45, 7) is 3.92. The minimum absolute atomic E-state index is 0.198. The van der Waals surface area contributed by atoms with E-state index in [1.54, 1.807) is 28.4 Å². The zero-order valence-electron chi connectivity index (χ0n) is 17.8. The maximum absolute atomic E-state index is 13.2. The highest BCUT2D eigenvalue weighted by molar-refractivity contribution is 5.86. The Hall–Kier alpha value is -2.73. The number of nitrogens with one attached hydrogen (secondary N) is 1. The van der Waals surface area contributed by atoms with Crippen LogP contribution in [-0.2, 0) is 4.79 Å². The summed E-state index contributed by atoms with van der Waals surface area (Å²) in [5, 5.41) is 3.68. The second-order valence-electron chi connectivity index (χ2n) is 7.32. The smallest absolute Gasteiger partial charge is 0.142 e. The van der Waals surface area contributed by atoms with Crippen LogP contribution in [0.3, 0.4) is 0 Å². The molecule has 29 heavy (non-hydrogen) atoms. The molecule has 0 aliphatic carbocycles. The number of ether oxygens (including phenoxy) is 4. The van der Waals surface area contributed by atoms with E-state index in [9.17, 15) is 4.79 Å². The third-order valence-corrected chi connectivity index (χ3v) is 5.81. The van der Waals surface area contributed by atoms with Gasteiger partial charge in [-0.1, -0.05) is 26.0 Å². The average Bonchev–Trinajstić information content (AvgIpc) is 2.77. The molecule has 1 N–H and O–H groups in total. The summed E-state index contributed by atoms with van der Waals surface area (Å²) in [7, 11) is 6.49. The second-order valence-corrected chi connectivity index (χ2v) is 7.32. The van der Waals surface area contributed by atoms with Gasteiger partial charge in [-0.15, -0.1) is 0 Å². The average molecular weight is 399 g/mol. The molecule has 1 aliphatic rings. The highest BCUT2D eigenvalue weighted by Gasteiger charge is 2.42. The number of piperidine rings is 1. The van der Waals surface area contributed by atoms with Crippen LogP contribution in [0.1, 0.15) is 37.1 Å². The van der Waals surface area contributed by atoms with Gasteiger partial charge in [0, 0.05) is 47.2 Å². The van der Waals surface area contributed by atoms with E-state index >= 15 is 0 Å². The number of Topliss-reactive ketones (excluding diaryl/α,β-unsaturated/α-hetero) is 1. The summed E-state index contributed by atoms with van der Waals surface area (Å²) in [4.78, 5) is 13.2. The molecule has 1 heterocycles. The predicted octanol–water partition coefficient (Wildman–Crippen LogP) is 3.95. The van der Waals surface area contributed by atoms with Crippen molar-refractivity contribution < 1.29 is 23.7 Å². The summed E-state index contributed by atoms with van der Waals surface area (Å²) in [5.41, 5.74) is 1.86. The quantitative estimate of drug-likeness (QED) is 0.794. The first-order chi connectivity index (χ1) is 13.9. The normalized spacial score (nSPS) is 24.1. The molecule has 2 aromatic carbocycles. The van der Waals surface area contributed by atoms with Gasteiger partial charge in [0.15, 0.2) is 0 Å². The molecule has 156 valence electrons. The highest BCUT2D eigenvalue weighted by Crippen LogP contribution is 2.44. The van der Waals surface area contributed by atoms with Crippen LogP contribution >= 0.6 is 0 Å². The van der Waals surface area contributed by atoms with Gasteiger partial charge >= 0.3 is 0 Å². The minimum Gasteiger partial charge on any atom is -0.497 e. The summed E-state index contributed by atoms with van der Waals surface area (Å²) in [6, 6.07) is 11.0. The topological polar surface area (TPSA) is 66.0 Å². The lowest BCUT2D eigenvalue weighted by molar-refractivity contribution is -0.130. The predicted molar refractivity (Wildman–Crippen MR) is 111 cm³/mol. The zero-order valence-corrected chi connectivity index (χ0v) is 17.8. The Morgan fingerprint density at radius 2 is 1.10 bits per heavy atom. The first-order valence-electron chi connectivity index (χ1n) is 9.68. The van der Waals surface area contributed by atoms with Gasteiger partial charge in [-0.3, -0.25) is 4.79 Å². The Kier molecular flexibility index (Phi) is 6.33. The Balaban J connectivity index is 2.03. The van der Waals surface area contributed by atoms with Gasteiger partial charge in [0.1, 0.15) is 28.8 Å². The fraction of sp³-hybridized carbons (Fsp3) is 0.435. The molecule has 3 rings (SSSR count). The number of ketones is 1. The van der Waals surface area contributed by atoms with Crippen molar-refractivity contribution in [3.05, 3.63) is 47.5 Å². The lowest BCUT2D eigenvalue weighted by atomic mass is 9.76. The van der Waals surface area contributed by atoms with Crippen molar-refractivity contribution >= 4 is 5.78 Å². The van der Waals surface area contributed by atoms with E-state index in [2.05, 4.69) is 5.32 Å². The van der Waals surface area contributed by atoms with Gasteiger partial charge in [0.25, 0.3) is 0 Å². The van der Waals surface area contributed by atoms with Crippen molar-refractivity contribution in [3.63, 3.8) is 0 Å². The summed E-state index contributed by atoms with van der Waals surface area (Å²) in [5.74, 6) is 2.60. The van der Waals surface area contributed by atoms with Crippen LogP contribution in [0.4, 0.5) is 0 Å². The molecule has 0 bridgehead atoms. The van der Waals surface area contributed by atoms with Crippen molar-refractivity contribution in [3.8, 4) is 23.0 Å². The molecule has 4 atom stereocenters. The van der Waals surface area contributed by atoms with Gasteiger partial charge in [0.2, 0.25) is 0 Å². The third-order valence-electron chi connectivity index (χ3n) is 5.81. The van der Waals surface area contributed by atoms with E-state index in [-0.39, 0.29) is 29.7 Å². The van der Waals surface area contributed by atoms with E-state index < -0.39 is 0 Å². The fourth-order valence-corrected chi connectivity index (χ4v) is 4.09. The van der Waals surface area contributed by atoms with E-state index in [1.807, 2.05) is 50.2 Å². The molecule has 0 amide bonds. The van der Waals surface area contributed by atoms with Crippen LogP contribution < -0.4 is 24.3 Å². The summed E-state index contributed by atoms with van der Waals surface area (Å²) in [6.07, 6.45) is 0. The first-order valence-corrected chi connectivity index (χ1v) is 9.68. The lowest BCUT2D eigenvalue weighted by Gasteiger charge is -2.40. The summed E-state index contributed by atoms with van der Waals surface area (Å²) >= 11 is 0. The van der Waals surface area contributed by atoms with Crippen LogP contribution in [0.2, 0.25) is 0 Å². The molecule has 0 aromatic heterocycles. The molecule has 0 radical (unpaired) electrons. The minimum atomic E-state index is -0.201. The van der Waals surface area contributed by atoms with Crippen LogP contribution in [0, 0.1) is 11.8 Å². The number of benzene rings is 2. The van der Waals surface area contributed by atoms with Crippen LogP contribution in [-0.4, -0.2) is 34.2 Å². The van der Waals surface area contributed by atoms with Crippen molar-refractivity contribution in [2.45, 2.75) is 25.9 Å². The largest absolute Gasteiger partial charge is 0.497 e. The third kappa shape index (κ3) is 3.90. The van der Waals surface area contributed by atoms with Crippen molar-refractivity contribution in [2.24, 2.45) is 11.8 Å². The maximum atomic E-state index is 13.2. The van der Waals surface area contributed by atoms with Crippen LogP contribution in [0.25, 0.3) is 0 Å². The standard InChI is InChI=1S/C23H29NO5/c1-13-21(17-9-7-15(26-3)11-19(17)28-5)24-22(14(2)23(13)25)18-10-8-16(27-4)12-20(18)29-6/h7-14,21-22,24H,1-6H3/t13-,14-,21-,22+/m1/s1. The van der Waals surface area contributed by atoms with E-state index in [0.717, 1.165) is 11.1 Å². The Labute approximate surface area is 172 Å². The SMILES string of the molecule is COc1ccc([C@H]2N[C@@H](c3ccc(OC)cc3OC)[C@@H](C)C(=O)[C@@H]2C)c(OC)c1. The number of carbonyl (C=O) groups excluding carboxylic acids is 1. The molecule has 0 saturated carbocycles. The van der Waals surface area contributed by atoms with Crippen molar-refractivity contribution in [1.82, 2.24) is 5.32 Å². The van der Waals surface area contributed by atoms with E-state index in [0.29, 0.717) is 23.0 Å². The van der Waals surface area contributed by atoms with Crippen LogP contribution in [0.5, 0.6) is 23.0 Å². The molecule has 0 spiro atoms. The van der Waals surface area contributed by atoms with E-state index in [4.69, 9.17) is 18.9 Å². The van der Waals surface area contributed by atoms with Gasteiger partial charge in [-0.05, 0) is 12.1 Å². The zero-order chi connectivity index (χ0) is 21.1. The monoisotopic (exact) mass is 399 g/mol. The second kappa shape index (κ2) is 8.74. The van der Waals surface area contributed by atoms with Gasteiger partial charge in [-0.25, -0.2) is 0 Å². The number of methoxy groups -OCH3 is 4. The molecule has 2 aromatic rings. The van der Waals surface area contributed by atoms with Gasteiger partial charge in [-0.2, -0.15) is 0 Å². The lowest BCUT2D eigenvalue weighted by Crippen LogP contribution is -2.46. The van der Waals surface area contributed by atoms with Gasteiger partial charge < -0.3 is 24.3 Å².